The Morgan fingerprint density at radius 1 is 1.04 bits per heavy atom. The van der Waals surface area contributed by atoms with Gasteiger partial charge in [0.05, 0.1) is 0 Å². The highest BCUT2D eigenvalue weighted by Gasteiger charge is 2.29. The predicted molar refractivity (Wildman–Crippen MR) is 97.3 cm³/mol. The fraction of sp³-hybridized carbons (Fsp3) is 0.200. The minimum atomic E-state index is -0.149. The lowest BCUT2D eigenvalue weighted by Gasteiger charge is -2.03. The van der Waals surface area contributed by atoms with Gasteiger partial charge in [0, 0.05) is 29.1 Å². The smallest absolute Gasteiger partial charge is 0.267 e. The van der Waals surface area contributed by atoms with Crippen molar-refractivity contribution in [3.63, 3.8) is 0 Å². The number of amides is 2. The number of aromatic amines is 1. The molecule has 0 bridgehead atoms. The molecule has 1 aliphatic carbocycles. The van der Waals surface area contributed by atoms with E-state index in [-0.39, 0.29) is 17.7 Å². The molecule has 0 radical (unpaired) electrons. The van der Waals surface area contributed by atoms with Gasteiger partial charge in [0.2, 0.25) is 5.91 Å². The number of fused-ring (bicyclic) bond motifs is 1. The Balaban J connectivity index is 1.46. The SMILES string of the molecule is O=C(NCc1ccccc1)c1cc2cc(NC(=O)C3CC3)ccc2[nH]1. The minimum Gasteiger partial charge on any atom is -0.351 e. The highest BCUT2D eigenvalue weighted by molar-refractivity contribution is 6.00. The second-order valence-electron chi connectivity index (χ2n) is 6.42. The van der Waals surface area contributed by atoms with Crippen LogP contribution in [-0.4, -0.2) is 16.8 Å². The van der Waals surface area contributed by atoms with Gasteiger partial charge in [-0.25, -0.2) is 0 Å². The Morgan fingerprint density at radius 3 is 2.60 bits per heavy atom. The fourth-order valence-electron chi connectivity index (χ4n) is 2.80. The number of anilines is 1. The van der Waals surface area contributed by atoms with E-state index < -0.39 is 0 Å². The van der Waals surface area contributed by atoms with Gasteiger partial charge in [-0.1, -0.05) is 30.3 Å². The summed E-state index contributed by atoms with van der Waals surface area (Å²) in [5.41, 5.74) is 3.20. The van der Waals surface area contributed by atoms with Crippen LogP contribution in [0, 0.1) is 5.92 Å². The normalized spacial score (nSPS) is 13.6. The number of hydrogen-bond donors (Lipinski definition) is 3. The molecule has 126 valence electrons. The summed E-state index contributed by atoms with van der Waals surface area (Å²) >= 11 is 0. The van der Waals surface area contributed by atoms with Crippen molar-refractivity contribution in [2.75, 3.05) is 5.32 Å². The van der Waals surface area contributed by atoms with Crippen LogP contribution in [0.3, 0.4) is 0 Å². The number of benzene rings is 2. The van der Waals surface area contributed by atoms with E-state index in [2.05, 4.69) is 15.6 Å². The maximum Gasteiger partial charge on any atom is 0.267 e. The van der Waals surface area contributed by atoms with Crippen LogP contribution in [0.1, 0.15) is 28.9 Å². The third kappa shape index (κ3) is 3.55. The number of carbonyl (C=O) groups is 2. The zero-order valence-corrected chi connectivity index (χ0v) is 13.7. The maximum absolute atomic E-state index is 12.3. The van der Waals surface area contributed by atoms with Gasteiger partial charge >= 0.3 is 0 Å². The number of rotatable bonds is 5. The summed E-state index contributed by atoms with van der Waals surface area (Å²) in [6.45, 7) is 0.484. The van der Waals surface area contributed by atoms with E-state index in [4.69, 9.17) is 0 Å². The number of carbonyl (C=O) groups excluding carboxylic acids is 2. The molecule has 2 aromatic carbocycles. The molecule has 1 saturated carbocycles. The summed E-state index contributed by atoms with van der Waals surface area (Å²) < 4.78 is 0. The molecule has 0 unspecified atom stereocenters. The van der Waals surface area contributed by atoms with Crippen LogP contribution in [0.4, 0.5) is 5.69 Å². The summed E-state index contributed by atoms with van der Waals surface area (Å²) in [6, 6.07) is 17.2. The lowest BCUT2D eigenvalue weighted by molar-refractivity contribution is -0.117. The van der Waals surface area contributed by atoms with E-state index in [9.17, 15) is 9.59 Å². The van der Waals surface area contributed by atoms with E-state index in [0.717, 1.165) is 35.0 Å². The molecule has 5 heteroatoms. The lowest BCUT2D eigenvalue weighted by atomic mass is 10.2. The van der Waals surface area contributed by atoms with Crippen molar-refractivity contribution in [1.29, 1.82) is 0 Å². The topological polar surface area (TPSA) is 74.0 Å². The average Bonchev–Trinajstić information content (AvgIpc) is 3.40. The Kier molecular flexibility index (Phi) is 3.98. The lowest BCUT2D eigenvalue weighted by Crippen LogP contribution is -2.22. The van der Waals surface area contributed by atoms with Crippen LogP contribution >= 0.6 is 0 Å². The molecule has 4 rings (SSSR count). The largest absolute Gasteiger partial charge is 0.351 e. The van der Waals surface area contributed by atoms with E-state index in [1.54, 1.807) is 0 Å². The van der Waals surface area contributed by atoms with E-state index in [1.165, 1.54) is 0 Å². The number of aromatic nitrogens is 1. The molecule has 1 aromatic heterocycles. The Hall–Kier alpha value is -3.08. The van der Waals surface area contributed by atoms with Crippen molar-refractivity contribution in [2.45, 2.75) is 19.4 Å². The summed E-state index contributed by atoms with van der Waals surface area (Å²) in [7, 11) is 0. The summed E-state index contributed by atoms with van der Waals surface area (Å²) in [4.78, 5) is 27.3. The van der Waals surface area contributed by atoms with Gasteiger partial charge in [-0.3, -0.25) is 9.59 Å². The van der Waals surface area contributed by atoms with Gasteiger partial charge in [-0.2, -0.15) is 0 Å². The van der Waals surface area contributed by atoms with E-state index in [1.807, 2.05) is 54.6 Å². The summed E-state index contributed by atoms with van der Waals surface area (Å²) in [5.74, 6) is 0.0978. The molecule has 0 spiro atoms. The van der Waals surface area contributed by atoms with Gasteiger partial charge in [-0.15, -0.1) is 0 Å². The maximum atomic E-state index is 12.3. The van der Waals surface area contributed by atoms with Crippen LogP contribution in [0.15, 0.2) is 54.6 Å². The van der Waals surface area contributed by atoms with Crippen LogP contribution in [-0.2, 0) is 11.3 Å². The van der Waals surface area contributed by atoms with Gasteiger partial charge < -0.3 is 15.6 Å². The second kappa shape index (κ2) is 6.43. The van der Waals surface area contributed by atoms with Crippen molar-refractivity contribution in [3.8, 4) is 0 Å². The molecule has 3 N–H and O–H groups in total. The summed E-state index contributed by atoms with van der Waals surface area (Å²) in [5, 5.41) is 6.74. The molecule has 0 aliphatic heterocycles. The average molecular weight is 333 g/mol. The highest BCUT2D eigenvalue weighted by atomic mass is 16.2. The predicted octanol–water partition coefficient (Wildman–Crippen LogP) is 3.45. The first kappa shape index (κ1) is 15.4. The Morgan fingerprint density at radius 2 is 1.84 bits per heavy atom. The first-order valence-corrected chi connectivity index (χ1v) is 8.45. The third-order valence-corrected chi connectivity index (χ3v) is 4.38. The van der Waals surface area contributed by atoms with Crippen LogP contribution in [0.25, 0.3) is 10.9 Å². The van der Waals surface area contributed by atoms with Gasteiger partial charge in [0.15, 0.2) is 0 Å². The van der Waals surface area contributed by atoms with Crippen molar-refractivity contribution in [1.82, 2.24) is 10.3 Å². The minimum absolute atomic E-state index is 0.0794. The quantitative estimate of drug-likeness (QED) is 0.669. The first-order valence-electron chi connectivity index (χ1n) is 8.45. The fourth-order valence-corrected chi connectivity index (χ4v) is 2.80. The van der Waals surface area contributed by atoms with Crippen LogP contribution in [0.2, 0.25) is 0 Å². The molecule has 2 amide bonds. The molecule has 25 heavy (non-hydrogen) atoms. The standard InChI is InChI=1S/C20H19N3O2/c24-19(14-6-7-14)22-16-8-9-17-15(10-16)11-18(23-17)20(25)21-12-13-4-2-1-3-5-13/h1-5,8-11,14,23H,6-7,12H2,(H,21,25)(H,22,24). The molecule has 1 fully saturated rings. The number of H-pyrrole nitrogens is 1. The van der Waals surface area contributed by atoms with Crippen LogP contribution in [0.5, 0.6) is 0 Å². The van der Waals surface area contributed by atoms with Crippen molar-refractivity contribution >= 4 is 28.4 Å². The monoisotopic (exact) mass is 333 g/mol. The molecule has 3 aromatic rings. The Bertz CT molecular complexity index is 927. The highest BCUT2D eigenvalue weighted by Crippen LogP contribution is 2.30. The van der Waals surface area contributed by atoms with Gasteiger partial charge in [0.25, 0.3) is 5.91 Å². The molecule has 1 aliphatic rings. The van der Waals surface area contributed by atoms with Gasteiger partial charge in [-0.05, 0) is 42.7 Å². The molecule has 5 nitrogen and oxygen atoms in total. The zero-order valence-electron chi connectivity index (χ0n) is 13.7. The van der Waals surface area contributed by atoms with Crippen molar-refractivity contribution < 1.29 is 9.59 Å². The van der Waals surface area contributed by atoms with E-state index >= 15 is 0 Å². The molecule has 0 saturated heterocycles. The van der Waals surface area contributed by atoms with Crippen molar-refractivity contribution in [2.24, 2.45) is 5.92 Å². The number of nitrogens with one attached hydrogen (secondary N) is 3. The molecule has 0 atom stereocenters. The first-order chi connectivity index (χ1) is 12.2. The summed E-state index contributed by atoms with van der Waals surface area (Å²) in [6.07, 6.45) is 1.95. The molecular weight excluding hydrogens is 314 g/mol. The molecular formula is C20H19N3O2. The molecule has 1 heterocycles. The van der Waals surface area contributed by atoms with Crippen molar-refractivity contribution in [3.05, 3.63) is 65.9 Å². The third-order valence-electron chi connectivity index (χ3n) is 4.38. The second-order valence-corrected chi connectivity index (χ2v) is 6.42. The zero-order chi connectivity index (χ0) is 17.2. The van der Waals surface area contributed by atoms with Crippen LogP contribution < -0.4 is 10.6 Å². The van der Waals surface area contributed by atoms with Gasteiger partial charge in [0.1, 0.15) is 5.69 Å². The van der Waals surface area contributed by atoms with E-state index in [0.29, 0.717) is 12.2 Å². The number of hydrogen-bond acceptors (Lipinski definition) is 2. The Labute approximate surface area is 145 Å².